The van der Waals surface area contributed by atoms with Gasteiger partial charge in [-0.15, -0.1) is 0 Å². The van der Waals surface area contributed by atoms with Crippen molar-refractivity contribution < 1.29 is 23.8 Å². The molecule has 2 rings (SSSR count). The zero-order valence-electron chi connectivity index (χ0n) is 14.2. The molecule has 7 heteroatoms. The van der Waals surface area contributed by atoms with Crippen LogP contribution in [0.1, 0.15) is 26.3 Å². The number of ether oxygens (including phenoxy) is 1. The lowest BCUT2D eigenvalue weighted by Gasteiger charge is -2.39. The molecule has 0 spiro atoms. The van der Waals surface area contributed by atoms with Gasteiger partial charge in [-0.2, -0.15) is 0 Å². The van der Waals surface area contributed by atoms with Crippen molar-refractivity contribution in [3.63, 3.8) is 0 Å². The van der Waals surface area contributed by atoms with Crippen LogP contribution in [0.3, 0.4) is 0 Å². The maximum absolute atomic E-state index is 13.0. The van der Waals surface area contributed by atoms with Gasteiger partial charge in [-0.05, 0) is 38.5 Å². The van der Waals surface area contributed by atoms with Crippen molar-refractivity contribution in [3.05, 3.63) is 35.6 Å². The van der Waals surface area contributed by atoms with Gasteiger partial charge in [0.25, 0.3) is 0 Å². The summed E-state index contributed by atoms with van der Waals surface area (Å²) in [7, 11) is 0. The summed E-state index contributed by atoms with van der Waals surface area (Å²) in [5.41, 5.74) is 0.219. The van der Waals surface area contributed by atoms with Gasteiger partial charge in [-0.3, -0.25) is 9.80 Å². The van der Waals surface area contributed by atoms with E-state index in [0.717, 1.165) is 5.56 Å². The number of hydrogen-bond donors (Lipinski definition) is 1. The fourth-order valence-corrected chi connectivity index (χ4v) is 2.58. The lowest BCUT2D eigenvalue weighted by atomic mass is 10.1. The Morgan fingerprint density at radius 3 is 2.42 bits per heavy atom. The molecule has 1 saturated heterocycles. The molecule has 1 aliphatic rings. The fourth-order valence-electron chi connectivity index (χ4n) is 2.58. The largest absolute Gasteiger partial charge is 0.480 e. The van der Waals surface area contributed by atoms with E-state index in [9.17, 15) is 19.1 Å². The van der Waals surface area contributed by atoms with Crippen LogP contribution in [0.4, 0.5) is 9.18 Å². The first kappa shape index (κ1) is 18.2. The van der Waals surface area contributed by atoms with E-state index in [1.165, 1.54) is 17.0 Å². The second-order valence-electron chi connectivity index (χ2n) is 6.89. The zero-order chi connectivity index (χ0) is 17.9. The number of halogens is 1. The van der Waals surface area contributed by atoms with Gasteiger partial charge >= 0.3 is 12.1 Å². The monoisotopic (exact) mass is 338 g/mol. The van der Waals surface area contributed by atoms with Gasteiger partial charge in [0.1, 0.15) is 17.5 Å². The summed E-state index contributed by atoms with van der Waals surface area (Å²) < 4.78 is 18.2. The lowest BCUT2D eigenvalue weighted by Crippen LogP contribution is -2.58. The van der Waals surface area contributed by atoms with Crippen LogP contribution in [-0.2, 0) is 16.1 Å². The van der Waals surface area contributed by atoms with E-state index in [0.29, 0.717) is 13.1 Å². The van der Waals surface area contributed by atoms with Gasteiger partial charge in [-0.1, -0.05) is 12.1 Å². The summed E-state index contributed by atoms with van der Waals surface area (Å²) >= 11 is 0. The van der Waals surface area contributed by atoms with E-state index in [2.05, 4.69) is 0 Å². The van der Waals surface area contributed by atoms with Crippen molar-refractivity contribution in [2.75, 3.05) is 19.6 Å². The Balaban J connectivity index is 2.03. The normalized spacial score (nSPS) is 19.2. The maximum Gasteiger partial charge on any atom is 0.411 e. The highest BCUT2D eigenvalue weighted by Gasteiger charge is 2.37. The minimum atomic E-state index is -1.07. The molecule has 24 heavy (non-hydrogen) atoms. The molecule has 1 N–H and O–H groups in total. The molecule has 1 aromatic rings. The Morgan fingerprint density at radius 1 is 1.25 bits per heavy atom. The van der Waals surface area contributed by atoms with Gasteiger partial charge in [0.15, 0.2) is 0 Å². The predicted molar refractivity (Wildman–Crippen MR) is 86.0 cm³/mol. The smallest absolute Gasteiger partial charge is 0.411 e. The van der Waals surface area contributed by atoms with Gasteiger partial charge in [-0.25, -0.2) is 14.0 Å². The third-order valence-electron chi connectivity index (χ3n) is 3.70. The van der Waals surface area contributed by atoms with Crippen molar-refractivity contribution in [3.8, 4) is 0 Å². The second-order valence-corrected chi connectivity index (χ2v) is 6.89. The summed E-state index contributed by atoms with van der Waals surface area (Å²) in [5, 5.41) is 9.45. The molecular formula is C17H23FN2O4. The van der Waals surface area contributed by atoms with Gasteiger partial charge < -0.3 is 9.84 Å². The third kappa shape index (κ3) is 4.92. The number of piperazine rings is 1. The van der Waals surface area contributed by atoms with Crippen molar-refractivity contribution >= 4 is 12.1 Å². The number of hydrogen-bond acceptors (Lipinski definition) is 4. The van der Waals surface area contributed by atoms with Crippen molar-refractivity contribution in [2.45, 2.75) is 39.0 Å². The van der Waals surface area contributed by atoms with Crippen LogP contribution in [0.2, 0.25) is 0 Å². The molecule has 1 aromatic carbocycles. The van der Waals surface area contributed by atoms with Crippen LogP contribution in [0.25, 0.3) is 0 Å². The van der Waals surface area contributed by atoms with Crippen LogP contribution in [0, 0.1) is 5.82 Å². The highest BCUT2D eigenvalue weighted by molar-refractivity contribution is 5.80. The highest BCUT2D eigenvalue weighted by Crippen LogP contribution is 2.18. The quantitative estimate of drug-likeness (QED) is 0.916. The maximum atomic E-state index is 13.0. The van der Waals surface area contributed by atoms with Crippen LogP contribution >= 0.6 is 0 Å². The molecule has 1 heterocycles. The summed E-state index contributed by atoms with van der Waals surface area (Å²) in [6, 6.07) is 5.13. The number of carbonyl (C=O) groups is 2. The molecule has 1 fully saturated rings. The second kappa shape index (κ2) is 7.17. The molecule has 0 saturated carbocycles. The third-order valence-corrected chi connectivity index (χ3v) is 3.70. The Hall–Kier alpha value is -2.15. The molecule has 1 atom stereocenters. The van der Waals surface area contributed by atoms with E-state index in [4.69, 9.17) is 4.74 Å². The van der Waals surface area contributed by atoms with Crippen molar-refractivity contribution in [2.24, 2.45) is 0 Å². The Bertz CT molecular complexity index is 598. The average molecular weight is 338 g/mol. The first-order valence-electron chi connectivity index (χ1n) is 7.85. The van der Waals surface area contributed by atoms with E-state index >= 15 is 0 Å². The topological polar surface area (TPSA) is 70.1 Å². The number of carboxylic acids is 1. The number of aliphatic carboxylic acids is 1. The Labute approximate surface area is 140 Å². The lowest BCUT2D eigenvalue weighted by molar-refractivity contribution is -0.145. The molecular weight excluding hydrogens is 315 g/mol. The van der Waals surface area contributed by atoms with E-state index in [-0.39, 0.29) is 18.9 Å². The average Bonchev–Trinajstić information content (AvgIpc) is 2.47. The fraction of sp³-hybridized carbons (Fsp3) is 0.529. The van der Waals surface area contributed by atoms with Crippen molar-refractivity contribution in [1.29, 1.82) is 0 Å². The molecule has 0 bridgehead atoms. The molecule has 132 valence electrons. The first-order valence-corrected chi connectivity index (χ1v) is 7.85. The number of carboxylic acid groups (broad SMARTS) is 1. The highest BCUT2D eigenvalue weighted by atomic mass is 19.1. The predicted octanol–water partition coefficient (Wildman–Crippen LogP) is 2.33. The molecule has 0 aliphatic carbocycles. The van der Waals surface area contributed by atoms with Crippen LogP contribution in [-0.4, -0.2) is 58.2 Å². The van der Waals surface area contributed by atoms with Crippen LogP contribution in [0.15, 0.2) is 24.3 Å². The van der Waals surface area contributed by atoms with Crippen LogP contribution < -0.4 is 0 Å². The minimum Gasteiger partial charge on any atom is -0.480 e. The van der Waals surface area contributed by atoms with Crippen LogP contribution in [0.5, 0.6) is 0 Å². The molecule has 0 aromatic heterocycles. The minimum absolute atomic E-state index is 0.200. The summed E-state index contributed by atoms with van der Waals surface area (Å²) in [5.74, 6) is -1.37. The van der Waals surface area contributed by atoms with E-state index in [1.807, 2.05) is 4.90 Å². The molecule has 0 unspecified atom stereocenters. The number of rotatable bonds is 3. The molecule has 1 amide bonds. The number of amides is 1. The zero-order valence-corrected chi connectivity index (χ0v) is 14.2. The molecule has 0 radical (unpaired) electrons. The SMILES string of the molecule is CC(C)(C)OC(=O)N1CCN(Cc2ccc(F)cc2)C[C@@H]1C(=O)O. The van der Waals surface area contributed by atoms with Gasteiger partial charge in [0.05, 0.1) is 0 Å². The van der Waals surface area contributed by atoms with Crippen molar-refractivity contribution in [1.82, 2.24) is 9.80 Å². The van der Waals surface area contributed by atoms with Gasteiger partial charge in [0, 0.05) is 26.2 Å². The molecule has 1 aliphatic heterocycles. The number of carbonyl (C=O) groups excluding carboxylic acids is 1. The number of nitrogens with zero attached hydrogens (tertiary/aromatic N) is 2. The summed E-state index contributed by atoms with van der Waals surface area (Å²) in [6.07, 6.45) is -0.615. The number of benzene rings is 1. The van der Waals surface area contributed by atoms with E-state index in [1.54, 1.807) is 32.9 Å². The summed E-state index contributed by atoms with van der Waals surface area (Å²) in [6.45, 7) is 6.73. The summed E-state index contributed by atoms with van der Waals surface area (Å²) in [4.78, 5) is 27.0. The molecule has 6 nitrogen and oxygen atoms in total. The Morgan fingerprint density at radius 2 is 1.88 bits per heavy atom. The Kier molecular flexibility index (Phi) is 5.43. The first-order chi connectivity index (χ1) is 11.2. The van der Waals surface area contributed by atoms with Gasteiger partial charge in [0.2, 0.25) is 0 Å². The van der Waals surface area contributed by atoms with E-state index < -0.39 is 23.7 Å². The standard InChI is InChI=1S/C17H23FN2O4/c1-17(2,3)24-16(23)20-9-8-19(11-14(20)15(21)22)10-12-4-6-13(18)7-5-12/h4-7,14H,8-11H2,1-3H3,(H,21,22)/t14-/m1/s1.